The normalized spacial score (nSPS) is 13.2. The van der Waals surface area contributed by atoms with E-state index in [1.807, 2.05) is 38.1 Å². The largest absolute Gasteiger partial charge is 0.489 e. The van der Waals surface area contributed by atoms with Crippen LogP contribution in [0, 0.1) is 12.8 Å². The zero-order valence-electron chi connectivity index (χ0n) is 13.3. The lowest BCUT2D eigenvalue weighted by Gasteiger charge is -2.18. The third-order valence-electron chi connectivity index (χ3n) is 2.95. The van der Waals surface area contributed by atoms with E-state index in [9.17, 15) is 4.79 Å². The van der Waals surface area contributed by atoms with Crippen molar-refractivity contribution in [2.45, 2.75) is 46.3 Å². The maximum Gasteiger partial charge on any atom is 0.237 e. The van der Waals surface area contributed by atoms with Gasteiger partial charge in [-0.3, -0.25) is 4.79 Å². The lowest BCUT2D eigenvalue weighted by atomic mass is 10.0. The molecule has 0 radical (unpaired) electrons. The number of carbonyl (C=O) groups is 1. The number of benzene rings is 1. The standard InChI is InChI=1S/C16H26N2O2.ClH/c1-11(2)8-15(17)16(19)18-10-13(4)20-14-7-5-6-12(3)9-14;/h5-7,9,11,13,15H,8,10,17H2,1-4H3,(H,18,19);1H/t13?,15-;/m0./s1. The summed E-state index contributed by atoms with van der Waals surface area (Å²) in [5.41, 5.74) is 6.97. The van der Waals surface area contributed by atoms with Gasteiger partial charge in [0.2, 0.25) is 5.91 Å². The molecule has 4 nitrogen and oxygen atoms in total. The van der Waals surface area contributed by atoms with Gasteiger partial charge in [0.15, 0.2) is 0 Å². The van der Waals surface area contributed by atoms with Crippen molar-refractivity contribution in [2.75, 3.05) is 6.54 Å². The number of hydrogen-bond donors (Lipinski definition) is 2. The van der Waals surface area contributed by atoms with Gasteiger partial charge in [-0.25, -0.2) is 0 Å². The summed E-state index contributed by atoms with van der Waals surface area (Å²) in [5, 5.41) is 2.83. The van der Waals surface area contributed by atoms with Crippen molar-refractivity contribution in [1.82, 2.24) is 5.32 Å². The van der Waals surface area contributed by atoms with E-state index in [1.54, 1.807) is 0 Å². The summed E-state index contributed by atoms with van der Waals surface area (Å²) < 4.78 is 5.75. The summed E-state index contributed by atoms with van der Waals surface area (Å²) in [4.78, 5) is 11.8. The Hall–Kier alpha value is -1.26. The summed E-state index contributed by atoms with van der Waals surface area (Å²) >= 11 is 0. The molecule has 0 saturated heterocycles. The highest BCUT2D eigenvalue weighted by molar-refractivity contribution is 5.85. The van der Waals surface area contributed by atoms with Crippen LogP contribution < -0.4 is 15.8 Å². The zero-order valence-corrected chi connectivity index (χ0v) is 14.1. The van der Waals surface area contributed by atoms with Crippen molar-refractivity contribution in [3.8, 4) is 5.75 Å². The number of nitrogens with two attached hydrogens (primary N) is 1. The van der Waals surface area contributed by atoms with Crippen LogP contribution in [0.3, 0.4) is 0 Å². The van der Waals surface area contributed by atoms with Crippen LogP contribution in [0.1, 0.15) is 32.8 Å². The first-order chi connectivity index (χ1) is 9.38. The van der Waals surface area contributed by atoms with E-state index < -0.39 is 6.04 Å². The van der Waals surface area contributed by atoms with Gasteiger partial charge >= 0.3 is 0 Å². The molecule has 21 heavy (non-hydrogen) atoms. The van der Waals surface area contributed by atoms with Crippen LogP contribution in [0.15, 0.2) is 24.3 Å². The molecule has 0 bridgehead atoms. The Morgan fingerprint density at radius 1 is 1.33 bits per heavy atom. The summed E-state index contributed by atoms with van der Waals surface area (Å²) in [6.07, 6.45) is 0.603. The van der Waals surface area contributed by atoms with E-state index in [0.717, 1.165) is 11.3 Å². The topological polar surface area (TPSA) is 64.3 Å². The molecule has 2 atom stereocenters. The van der Waals surface area contributed by atoms with E-state index >= 15 is 0 Å². The zero-order chi connectivity index (χ0) is 15.1. The Labute approximate surface area is 133 Å². The molecule has 0 aliphatic rings. The van der Waals surface area contributed by atoms with Crippen LogP contribution in [-0.2, 0) is 4.79 Å². The maximum absolute atomic E-state index is 11.8. The van der Waals surface area contributed by atoms with Crippen molar-refractivity contribution in [3.63, 3.8) is 0 Å². The molecule has 1 aromatic carbocycles. The smallest absolute Gasteiger partial charge is 0.237 e. The molecule has 0 heterocycles. The second kappa shape index (κ2) is 9.64. The number of ether oxygens (including phenoxy) is 1. The number of aryl methyl sites for hydroxylation is 1. The van der Waals surface area contributed by atoms with Gasteiger partial charge in [-0.1, -0.05) is 26.0 Å². The number of halogens is 1. The first-order valence-corrected chi connectivity index (χ1v) is 7.15. The van der Waals surface area contributed by atoms with Crippen molar-refractivity contribution >= 4 is 18.3 Å². The fraction of sp³-hybridized carbons (Fsp3) is 0.562. The third-order valence-corrected chi connectivity index (χ3v) is 2.95. The first kappa shape index (κ1) is 19.7. The van der Waals surface area contributed by atoms with Crippen molar-refractivity contribution in [1.29, 1.82) is 0 Å². The molecule has 0 fully saturated rings. The number of rotatable bonds is 7. The quantitative estimate of drug-likeness (QED) is 0.813. The molecule has 120 valence electrons. The Balaban J connectivity index is 0.00000400. The van der Waals surface area contributed by atoms with Gasteiger partial charge < -0.3 is 15.8 Å². The average molecular weight is 315 g/mol. The molecule has 0 saturated carbocycles. The molecule has 0 aliphatic heterocycles. The Morgan fingerprint density at radius 2 is 2.00 bits per heavy atom. The third kappa shape index (κ3) is 7.93. The monoisotopic (exact) mass is 314 g/mol. The molecule has 0 spiro atoms. The van der Waals surface area contributed by atoms with Gasteiger partial charge in [0.25, 0.3) is 0 Å². The van der Waals surface area contributed by atoms with Gasteiger partial charge in [0.1, 0.15) is 11.9 Å². The van der Waals surface area contributed by atoms with E-state index in [2.05, 4.69) is 19.2 Å². The minimum atomic E-state index is -0.443. The predicted octanol–water partition coefficient (Wildman–Crippen LogP) is 2.67. The number of hydrogen-bond acceptors (Lipinski definition) is 3. The number of carbonyl (C=O) groups excluding carboxylic acids is 1. The summed E-state index contributed by atoms with van der Waals surface area (Å²) in [7, 11) is 0. The Morgan fingerprint density at radius 3 is 2.57 bits per heavy atom. The highest BCUT2D eigenvalue weighted by Gasteiger charge is 2.15. The molecular formula is C16H27ClN2O2. The minimum absolute atomic E-state index is 0. The van der Waals surface area contributed by atoms with Gasteiger partial charge in [0.05, 0.1) is 12.6 Å². The number of amides is 1. The summed E-state index contributed by atoms with van der Waals surface area (Å²) in [6, 6.07) is 7.42. The average Bonchev–Trinajstić information content (AvgIpc) is 2.35. The van der Waals surface area contributed by atoms with Crippen LogP contribution in [0.4, 0.5) is 0 Å². The van der Waals surface area contributed by atoms with Crippen LogP contribution in [-0.4, -0.2) is 24.6 Å². The van der Waals surface area contributed by atoms with E-state index in [0.29, 0.717) is 18.9 Å². The van der Waals surface area contributed by atoms with Crippen LogP contribution >= 0.6 is 12.4 Å². The highest BCUT2D eigenvalue weighted by Crippen LogP contribution is 2.13. The van der Waals surface area contributed by atoms with Gasteiger partial charge in [0, 0.05) is 0 Å². The van der Waals surface area contributed by atoms with Crippen molar-refractivity contribution < 1.29 is 9.53 Å². The lowest BCUT2D eigenvalue weighted by molar-refractivity contribution is -0.123. The summed E-state index contributed by atoms with van der Waals surface area (Å²) in [5.74, 6) is 1.12. The first-order valence-electron chi connectivity index (χ1n) is 7.15. The molecule has 1 rings (SSSR count). The molecule has 1 aromatic rings. The molecule has 5 heteroatoms. The van der Waals surface area contributed by atoms with E-state index in [4.69, 9.17) is 10.5 Å². The van der Waals surface area contributed by atoms with Crippen LogP contribution in [0.25, 0.3) is 0 Å². The summed E-state index contributed by atoms with van der Waals surface area (Å²) in [6.45, 7) is 8.51. The Bertz CT molecular complexity index is 438. The molecule has 1 unspecified atom stereocenters. The van der Waals surface area contributed by atoms with Gasteiger partial charge in [-0.2, -0.15) is 0 Å². The Kier molecular flexibility index (Phi) is 9.06. The highest BCUT2D eigenvalue weighted by atomic mass is 35.5. The fourth-order valence-corrected chi connectivity index (χ4v) is 1.95. The van der Waals surface area contributed by atoms with Crippen molar-refractivity contribution in [3.05, 3.63) is 29.8 Å². The molecule has 0 aromatic heterocycles. The molecule has 3 N–H and O–H groups in total. The molecule has 1 amide bonds. The van der Waals surface area contributed by atoms with Crippen molar-refractivity contribution in [2.24, 2.45) is 11.7 Å². The fourth-order valence-electron chi connectivity index (χ4n) is 1.95. The maximum atomic E-state index is 11.8. The second-order valence-corrected chi connectivity index (χ2v) is 5.73. The van der Waals surface area contributed by atoms with E-state index in [1.165, 1.54) is 0 Å². The lowest BCUT2D eigenvalue weighted by Crippen LogP contribution is -2.44. The van der Waals surface area contributed by atoms with Gasteiger partial charge in [-0.05, 0) is 43.9 Å². The predicted molar refractivity (Wildman–Crippen MR) is 89.0 cm³/mol. The van der Waals surface area contributed by atoms with Crippen LogP contribution in [0.2, 0.25) is 0 Å². The van der Waals surface area contributed by atoms with Crippen LogP contribution in [0.5, 0.6) is 5.75 Å². The number of nitrogens with one attached hydrogen (secondary N) is 1. The molecule has 0 aliphatic carbocycles. The van der Waals surface area contributed by atoms with Gasteiger partial charge in [-0.15, -0.1) is 12.4 Å². The SMILES string of the molecule is Cc1cccc(OC(C)CNC(=O)[C@@H](N)CC(C)C)c1.Cl. The minimum Gasteiger partial charge on any atom is -0.489 e. The second-order valence-electron chi connectivity index (χ2n) is 5.73. The van der Waals surface area contributed by atoms with E-state index in [-0.39, 0.29) is 24.4 Å². The molecular weight excluding hydrogens is 288 g/mol.